The van der Waals surface area contributed by atoms with Gasteiger partial charge in [-0.15, -0.1) is 0 Å². The molecule has 2 atom stereocenters. The molecular weight excluding hydrogens is 625 g/mol. The van der Waals surface area contributed by atoms with Gasteiger partial charge in [-0.25, -0.2) is 22.6 Å². The van der Waals surface area contributed by atoms with E-state index in [0.717, 1.165) is 10.8 Å². The smallest absolute Gasteiger partial charge is 0.411 e. The minimum atomic E-state index is -3.72. The van der Waals surface area contributed by atoms with Crippen LogP contribution in [-0.2, 0) is 19.4 Å². The van der Waals surface area contributed by atoms with Gasteiger partial charge in [-0.05, 0) is 98.3 Å². The number of halogens is 1. The number of ether oxygens (including phenoxy) is 2. The highest BCUT2D eigenvalue weighted by Crippen LogP contribution is 2.40. The molecule has 0 radical (unpaired) electrons. The SMILES string of the molecule is CCOC(=O)Nc1ccc(S(=O)(=O)CC)c(C2CCCN2C(=O)C(Nc2ccc3c(N)nccc3c2)c2cc(OCC)ccc2F)c1. The van der Waals surface area contributed by atoms with Crippen molar-refractivity contribution in [2.45, 2.75) is 50.6 Å². The summed E-state index contributed by atoms with van der Waals surface area (Å²) >= 11 is 0. The Hall–Kier alpha value is -4.91. The third-order valence-corrected chi connectivity index (χ3v) is 9.89. The van der Waals surface area contributed by atoms with Gasteiger partial charge in [0.1, 0.15) is 23.4 Å². The fourth-order valence-corrected chi connectivity index (χ4v) is 7.00. The molecule has 0 saturated carbocycles. The second-order valence-corrected chi connectivity index (χ2v) is 13.3. The lowest BCUT2D eigenvalue weighted by molar-refractivity contribution is -0.133. The number of hydrogen-bond donors (Lipinski definition) is 3. The Morgan fingerprint density at radius 1 is 1.04 bits per heavy atom. The summed E-state index contributed by atoms with van der Waals surface area (Å²) in [6, 6.07) is 14.0. The number of nitrogens with two attached hydrogens (primary N) is 1. The Morgan fingerprint density at radius 2 is 1.83 bits per heavy atom. The van der Waals surface area contributed by atoms with Crippen molar-refractivity contribution in [2.24, 2.45) is 0 Å². The molecule has 3 aromatic carbocycles. The molecule has 2 unspecified atom stereocenters. The molecule has 1 saturated heterocycles. The van der Waals surface area contributed by atoms with Gasteiger partial charge in [0.25, 0.3) is 0 Å². The number of nitrogens with zero attached hydrogens (tertiary/aromatic N) is 2. The van der Waals surface area contributed by atoms with E-state index in [-0.39, 0.29) is 22.8 Å². The maximum absolute atomic E-state index is 15.6. The highest BCUT2D eigenvalue weighted by Gasteiger charge is 2.38. The fraction of sp³-hybridized carbons (Fsp3) is 0.324. The highest BCUT2D eigenvalue weighted by atomic mass is 32.2. The molecule has 0 spiro atoms. The van der Waals surface area contributed by atoms with Crippen molar-refractivity contribution in [3.8, 4) is 5.75 Å². The number of pyridine rings is 1. The van der Waals surface area contributed by atoms with Gasteiger partial charge in [0.05, 0.1) is 29.9 Å². The summed E-state index contributed by atoms with van der Waals surface area (Å²) < 4.78 is 52.8. The number of rotatable bonds is 11. The normalized spacial score (nSPS) is 15.3. The first-order chi connectivity index (χ1) is 22.6. The van der Waals surface area contributed by atoms with Crippen molar-refractivity contribution >= 4 is 49.8 Å². The summed E-state index contributed by atoms with van der Waals surface area (Å²) in [4.78, 5) is 32.6. The van der Waals surface area contributed by atoms with Crippen molar-refractivity contribution in [1.29, 1.82) is 0 Å². The van der Waals surface area contributed by atoms with Gasteiger partial charge >= 0.3 is 6.09 Å². The van der Waals surface area contributed by atoms with E-state index in [1.165, 1.54) is 30.3 Å². The van der Waals surface area contributed by atoms with E-state index in [1.807, 2.05) is 0 Å². The molecule has 47 heavy (non-hydrogen) atoms. The molecule has 4 aromatic rings. The third-order valence-electron chi connectivity index (χ3n) is 8.08. The van der Waals surface area contributed by atoms with E-state index in [2.05, 4.69) is 15.6 Å². The number of nitrogen functional groups attached to an aromatic ring is 1. The molecule has 1 aliphatic heterocycles. The molecule has 1 aromatic heterocycles. The van der Waals surface area contributed by atoms with Crippen molar-refractivity contribution in [2.75, 3.05) is 41.9 Å². The molecule has 0 aliphatic carbocycles. The number of amides is 2. The van der Waals surface area contributed by atoms with Crippen LogP contribution < -0.4 is 21.1 Å². The molecule has 4 N–H and O–H groups in total. The molecule has 2 heterocycles. The number of likely N-dealkylation sites (tertiary alicyclic amines) is 1. The van der Waals surface area contributed by atoms with Gasteiger partial charge in [-0.1, -0.05) is 6.92 Å². The van der Waals surface area contributed by atoms with Gasteiger partial charge in [0.2, 0.25) is 5.91 Å². The Balaban J connectivity index is 1.59. The predicted octanol–water partition coefficient (Wildman–Crippen LogP) is 6.23. The van der Waals surface area contributed by atoms with Gasteiger partial charge in [-0.3, -0.25) is 10.1 Å². The summed E-state index contributed by atoms with van der Waals surface area (Å²) in [6.07, 6.45) is 1.92. The summed E-state index contributed by atoms with van der Waals surface area (Å²) in [5.74, 6) is -0.480. The molecule has 2 amide bonds. The lowest BCUT2D eigenvalue weighted by atomic mass is 10.00. The molecule has 5 rings (SSSR count). The number of benzene rings is 3. The van der Waals surface area contributed by atoms with Crippen LogP contribution in [0.3, 0.4) is 0 Å². The summed E-state index contributed by atoms with van der Waals surface area (Å²) in [7, 11) is -3.72. The average molecular weight is 664 g/mol. The molecular formula is C34H38FN5O6S. The number of nitrogens with one attached hydrogen (secondary N) is 2. The molecule has 11 nitrogen and oxygen atoms in total. The third kappa shape index (κ3) is 7.25. The number of hydrogen-bond acceptors (Lipinski definition) is 9. The highest BCUT2D eigenvalue weighted by molar-refractivity contribution is 7.91. The number of aromatic nitrogens is 1. The first kappa shape index (κ1) is 33.5. The standard InChI is InChI=1S/C34H38FN5O6S/c1-4-45-24-11-13-28(35)26(20-24)31(38-22-9-12-25-21(18-22)15-16-37-32(25)36)33(41)40-17-7-8-29(40)27-19-23(39-34(42)46-5-2)10-14-30(27)47(43,44)6-3/h9-16,18-20,29,31,38H,4-8,17H2,1-3H3,(H2,36,37)(H,39,42). The minimum absolute atomic E-state index is 0.0638. The van der Waals surface area contributed by atoms with Crippen molar-refractivity contribution < 1.29 is 31.9 Å². The van der Waals surface area contributed by atoms with Crippen molar-refractivity contribution in [3.63, 3.8) is 0 Å². The predicted molar refractivity (Wildman–Crippen MR) is 179 cm³/mol. The van der Waals surface area contributed by atoms with E-state index in [1.54, 1.807) is 62.2 Å². The number of sulfone groups is 1. The molecule has 1 aliphatic rings. The maximum Gasteiger partial charge on any atom is 0.411 e. The molecule has 248 valence electrons. The summed E-state index contributed by atoms with van der Waals surface area (Å²) in [5, 5.41) is 7.36. The number of carbonyl (C=O) groups is 2. The van der Waals surface area contributed by atoms with Gasteiger partial charge in [0.15, 0.2) is 9.84 Å². The average Bonchev–Trinajstić information content (AvgIpc) is 3.55. The first-order valence-electron chi connectivity index (χ1n) is 15.5. The lowest BCUT2D eigenvalue weighted by Crippen LogP contribution is -2.38. The van der Waals surface area contributed by atoms with E-state index < -0.39 is 39.7 Å². The summed E-state index contributed by atoms with van der Waals surface area (Å²) in [6.45, 7) is 5.82. The second-order valence-electron chi connectivity index (χ2n) is 11.0. The van der Waals surface area contributed by atoms with E-state index >= 15 is 4.39 Å². The Morgan fingerprint density at radius 3 is 2.57 bits per heavy atom. The minimum Gasteiger partial charge on any atom is -0.494 e. The van der Waals surface area contributed by atoms with E-state index in [4.69, 9.17) is 15.2 Å². The Bertz CT molecular complexity index is 1900. The van der Waals surface area contributed by atoms with Crippen LogP contribution >= 0.6 is 0 Å². The number of carbonyl (C=O) groups excluding carboxylic acids is 2. The zero-order chi connectivity index (χ0) is 33.7. The van der Waals surface area contributed by atoms with Crippen molar-refractivity contribution in [1.82, 2.24) is 9.88 Å². The number of anilines is 3. The quantitative estimate of drug-likeness (QED) is 0.169. The van der Waals surface area contributed by atoms with Gasteiger partial charge in [-0.2, -0.15) is 0 Å². The second kappa shape index (κ2) is 14.2. The van der Waals surface area contributed by atoms with E-state index in [0.29, 0.717) is 54.5 Å². The van der Waals surface area contributed by atoms with Crippen LogP contribution in [0.5, 0.6) is 5.75 Å². The van der Waals surface area contributed by atoms with Crippen molar-refractivity contribution in [3.05, 3.63) is 83.8 Å². The lowest BCUT2D eigenvalue weighted by Gasteiger charge is -2.31. The van der Waals surface area contributed by atoms with Crippen LogP contribution in [0.2, 0.25) is 0 Å². The zero-order valence-electron chi connectivity index (χ0n) is 26.5. The van der Waals surface area contributed by atoms with Gasteiger partial charge < -0.3 is 25.4 Å². The maximum atomic E-state index is 15.6. The van der Waals surface area contributed by atoms with Crippen LogP contribution in [-0.4, -0.2) is 55.8 Å². The van der Waals surface area contributed by atoms with E-state index in [9.17, 15) is 18.0 Å². The largest absolute Gasteiger partial charge is 0.494 e. The monoisotopic (exact) mass is 663 g/mol. The van der Waals surface area contributed by atoms with Gasteiger partial charge in [0, 0.05) is 35.1 Å². The zero-order valence-corrected chi connectivity index (χ0v) is 27.3. The van der Waals surface area contributed by atoms with Crippen LogP contribution in [0.15, 0.2) is 71.8 Å². The Kier molecular flexibility index (Phi) is 10.1. The molecule has 0 bridgehead atoms. The number of fused-ring (bicyclic) bond motifs is 1. The first-order valence-corrected chi connectivity index (χ1v) is 17.2. The fourth-order valence-electron chi connectivity index (χ4n) is 5.86. The van der Waals surface area contributed by atoms with Crippen LogP contribution in [0.1, 0.15) is 56.8 Å². The Labute approximate surface area is 273 Å². The van der Waals surface area contributed by atoms with Crippen LogP contribution in [0.4, 0.5) is 26.4 Å². The van der Waals surface area contributed by atoms with Crippen LogP contribution in [0.25, 0.3) is 10.8 Å². The molecule has 1 fully saturated rings. The topological polar surface area (TPSA) is 153 Å². The summed E-state index contributed by atoms with van der Waals surface area (Å²) in [5.41, 5.74) is 7.33. The van der Waals surface area contributed by atoms with Crippen LogP contribution in [0, 0.1) is 5.82 Å². The molecule has 13 heteroatoms.